The van der Waals surface area contributed by atoms with Gasteiger partial charge in [0.05, 0.1) is 11.6 Å². The third kappa shape index (κ3) is 6.90. The van der Waals surface area contributed by atoms with Gasteiger partial charge in [-0.1, -0.05) is 43.5 Å². The first-order valence-corrected chi connectivity index (χ1v) is 8.34. The van der Waals surface area contributed by atoms with Gasteiger partial charge >= 0.3 is 0 Å². The lowest BCUT2D eigenvalue weighted by atomic mass is 10.1. The van der Waals surface area contributed by atoms with Crippen molar-refractivity contribution >= 4 is 23.2 Å². The molecule has 4 heteroatoms. The molecule has 0 bridgehead atoms. The summed E-state index contributed by atoms with van der Waals surface area (Å²) in [5, 5.41) is 4.67. The zero-order chi connectivity index (χ0) is 16.0. The second-order valence-corrected chi connectivity index (χ2v) is 7.53. The van der Waals surface area contributed by atoms with Gasteiger partial charge in [0.1, 0.15) is 5.75 Å². The molecular formula is C17H27Cl2NO. The lowest BCUT2D eigenvalue weighted by Gasteiger charge is -2.23. The highest BCUT2D eigenvalue weighted by Gasteiger charge is 2.15. The highest BCUT2D eigenvalue weighted by atomic mass is 35.5. The zero-order valence-electron chi connectivity index (χ0n) is 13.7. The van der Waals surface area contributed by atoms with Gasteiger partial charge in [0.15, 0.2) is 0 Å². The van der Waals surface area contributed by atoms with Crippen molar-refractivity contribution in [2.24, 2.45) is 5.92 Å². The normalized spacial score (nSPS) is 13.3. The van der Waals surface area contributed by atoms with Gasteiger partial charge in [-0.05, 0) is 45.2 Å². The van der Waals surface area contributed by atoms with Crippen LogP contribution < -0.4 is 10.1 Å². The molecule has 0 aliphatic carbocycles. The molecule has 0 saturated carbocycles. The third-order valence-electron chi connectivity index (χ3n) is 3.19. The summed E-state index contributed by atoms with van der Waals surface area (Å²) in [5.41, 5.74) is 1.04. The maximum Gasteiger partial charge on any atom is 0.142 e. The summed E-state index contributed by atoms with van der Waals surface area (Å²) in [6.07, 6.45) is 2.32. The predicted octanol–water partition coefficient (Wildman–Crippen LogP) is 5.70. The van der Waals surface area contributed by atoms with Gasteiger partial charge in [-0.2, -0.15) is 0 Å². The number of rotatable bonds is 7. The average molecular weight is 332 g/mol. The van der Waals surface area contributed by atoms with Crippen LogP contribution in [0.1, 0.15) is 53.0 Å². The summed E-state index contributed by atoms with van der Waals surface area (Å²) in [5.74, 6) is 1.27. The van der Waals surface area contributed by atoms with E-state index in [4.69, 9.17) is 27.9 Å². The molecule has 0 radical (unpaired) electrons. The third-order valence-corrected chi connectivity index (χ3v) is 3.69. The van der Waals surface area contributed by atoms with Gasteiger partial charge in [0.2, 0.25) is 0 Å². The van der Waals surface area contributed by atoms with Crippen molar-refractivity contribution < 1.29 is 4.74 Å². The van der Waals surface area contributed by atoms with Crippen molar-refractivity contribution in [3.05, 3.63) is 27.7 Å². The molecule has 0 aliphatic heterocycles. The molecule has 0 saturated heterocycles. The number of benzene rings is 1. The van der Waals surface area contributed by atoms with Crippen LogP contribution >= 0.6 is 23.2 Å². The summed E-state index contributed by atoms with van der Waals surface area (Å²) >= 11 is 12.4. The zero-order valence-corrected chi connectivity index (χ0v) is 15.2. The Labute approximate surface area is 139 Å². The molecule has 1 rings (SSSR count). The molecule has 0 fully saturated rings. The maximum absolute atomic E-state index is 6.31. The molecule has 120 valence electrons. The van der Waals surface area contributed by atoms with Crippen LogP contribution in [0.5, 0.6) is 5.75 Å². The molecule has 0 heterocycles. The molecule has 2 nitrogen and oxygen atoms in total. The molecule has 1 N–H and O–H groups in total. The van der Waals surface area contributed by atoms with Gasteiger partial charge in [0.25, 0.3) is 0 Å². The van der Waals surface area contributed by atoms with Crippen LogP contribution in [-0.4, -0.2) is 12.1 Å². The molecule has 21 heavy (non-hydrogen) atoms. The van der Waals surface area contributed by atoms with E-state index < -0.39 is 0 Å². The van der Waals surface area contributed by atoms with Crippen LogP contribution in [0.15, 0.2) is 12.1 Å². The van der Waals surface area contributed by atoms with Crippen LogP contribution in [0.2, 0.25) is 10.0 Å². The Morgan fingerprint density at radius 3 is 2.48 bits per heavy atom. The Bertz CT molecular complexity index is 455. The lowest BCUT2D eigenvalue weighted by molar-refractivity contribution is 0.248. The van der Waals surface area contributed by atoms with Gasteiger partial charge in [-0.3, -0.25) is 0 Å². The van der Waals surface area contributed by atoms with E-state index in [1.54, 1.807) is 6.07 Å². The van der Waals surface area contributed by atoms with Gasteiger partial charge < -0.3 is 10.1 Å². The Kier molecular flexibility index (Phi) is 7.32. The van der Waals surface area contributed by atoms with E-state index in [0.29, 0.717) is 29.1 Å². The molecule has 1 aromatic carbocycles. The second kappa shape index (κ2) is 8.26. The average Bonchev–Trinajstić information content (AvgIpc) is 2.34. The van der Waals surface area contributed by atoms with E-state index in [1.807, 2.05) is 6.07 Å². The molecule has 0 aliphatic rings. The number of nitrogens with one attached hydrogen (secondary N) is 1. The number of ether oxygens (including phenoxy) is 1. The highest BCUT2D eigenvalue weighted by molar-refractivity contribution is 6.35. The molecule has 1 aromatic rings. The first-order chi connectivity index (χ1) is 9.73. The molecular weight excluding hydrogens is 305 g/mol. The number of hydrogen-bond acceptors (Lipinski definition) is 2. The quantitative estimate of drug-likeness (QED) is 0.692. The largest absolute Gasteiger partial charge is 0.491 e. The van der Waals surface area contributed by atoms with Crippen molar-refractivity contribution in [3.8, 4) is 5.75 Å². The Hall–Kier alpha value is -0.440. The minimum Gasteiger partial charge on any atom is -0.491 e. The SMILES string of the molecule is CCCC(C)COc1c(Cl)cc(Cl)cc1CNC(C)(C)C. The van der Waals surface area contributed by atoms with E-state index in [1.165, 1.54) is 0 Å². The Morgan fingerprint density at radius 2 is 1.90 bits per heavy atom. The van der Waals surface area contributed by atoms with Crippen LogP contribution in [0.4, 0.5) is 0 Å². The smallest absolute Gasteiger partial charge is 0.142 e. The minimum absolute atomic E-state index is 0.0293. The van der Waals surface area contributed by atoms with Crippen molar-refractivity contribution in [2.75, 3.05) is 6.61 Å². The minimum atomic E-state index is 0.0293. The van der Waals surface area contributed by atoms with Gasteiger partial charge in [-0.25, -0.2) is 0 Å². The predicted molar refractivity (Wildman–Crippen MR) is 92.6 cm³/mol. The fourth-order valence-corrected chi connectivity index (χ4v) is 2.66. The van der Waals surface area contributed by atoms with Gasteiger partial charge in [0, 0.05) is 22.7 Å². The summed E-state index contributed by atoms with van der Waals surface area (Å²) in [4.78, 5) is 0. The molecule has 0 amide bonds. The Morgan fingerprint density at radius 1 is 1.24 bits per heavy atom. The number of halogens is 2. The van der Waals surface area contributed by atoms with Crippen LogP contribution in [0.3, 0.4) is 0 Å². The summed E-state index contributed by atoms with van der Waals surface area (Å²) < 4.78 is 5.97. The number of hydrogen-bond donors (Lipinski definition) is 1. The van der Waals surface area contributed by atoms with Crippen molar-refractivity contribution in [2.45, 2.75) is 59.5 Å². The fourth-order valence-electron chi connectivity index (χ4n) is 2.07. The van der Waals surface area contributed by atoms with E-state index >= 15 is 0 Å². The van der Waals surface area contributed by atoms with Crippen LogP contribution in [0.25, 0.3) is 0 Å². The summed E-state index contributed by atoms with van der Waals surface area (Å²) in [7, 11) is 0. The van der Waals surface area contributed by atoms with Crippen molar-refractivity contribution in [3.63, 3.8) is 0 Å². The Balaban J connectivity index is 2.85. The lowest BCUT2D eigenvalue weighted by Crippen LogP contribution is -2.35. The summed E-state index contributed by atoms with van der Waals surface area (Å²) in [6, 6.07) is 3.66. The topological polar surface area (TPSA) is 21.3 Å². The molecule has 0 spiro atoms. The summed E-state index contributed by atoms with van der Waals surface area (Å²) in [6.45, 7) is 12.1. The van der Waals surface area contributed by atoms with E-state index in [2.05, 4.69) is 39.9 Å². The van der Waals surface area contributed by atoms with E-state index in [9.17, 15) is 0 Å². The molecule has 0 aromatic heterocycles. The van der Waals surface area contributed by atoms with Crippen LogP contribution in [0, 0.1) is 5.92 Å². The molecule has 1 atom stereocenters. The standard InChI is InChI=1S/C17H27Cl2NO/c1-6-7-12(2)11-21-16-13(10-20-17(3,4)5)8-14(18)9-15(16)19/h8-9,12,20H,6-7,10-11H2,1-5H3. The first-order valence-electron chi connectivity index (χ1n) is 7.58. The first kappa shape index (κ1) is 18.6. The van der Waals surface area contributed by atoms with E-state index in [0.717, 1.165) is 24.2 Å². The van der Waals surface area contributed by atoms with Crippen molar-refractivity contribution in [1.29, 1.82) is 0 Å². The van der Waals surface area contributed by atoms with Crippen LogP contribution in [-0.2, 0) is 6.54 Å². The monoisotopic (exact) mass is 331 g/mol. The maximum atomic E-state index is 6.31. The second-order valence-electron chi connectivity index (χ2n) is 6.68. The van der Waals surface area contributed by atoms with Crippen molar-refractivity contribution in [1.82, 2.24) is 5.32 Å². The van der Waals surface area contributed by atoms with Gasteiger partial charge in [-0.15, -0.1) is 0 Å². The fraction of sp³-hybridized carbons (Fsp3) is 0.647. The highest BCUT2D eigenvalue weighted by Crippen LogP contribution is 2.33. The molecule has 1 unspecified atom stereocenters. The van der Waals surface area contributed by atoms with E-state index in [-0.39, 0.29) is 5.54 Å².